The van der Waals surface area contributed by atoms with Gasteiger partial charge in [-0.3, -0.25) is 4.79 Å². The van der Waals surface area contributed by atoms with E-state index in [9.17, 15) is 18.3 Å². The van der Waals surface area contributed by atoms with Crippen molar-refractivity contribution in [3.63, 3.8) is 0 Å². The van der Waals surface area contributed by atoms with E-state index in [0.717, 1.165) is 6.26 Å². The van der Waals surface area contributed by atoms with Gasteiger partial charge in [0.05, 0.1) is 11.1 Å². The lowest BCUT2D eigenvalue weighted by Crippen LogP contribution is -2.09. The van der Waals surface area contributed by atoms with Crippen molar-refractivity contribution in [1.29, 1.82) is 0 Å². The molecule has 1 N–H and O–H groups in total. The number of aromatic hydroxyl groups is 1. The Bertz CT molecular complexity index is 1180. The number of hydrogen-bond acceptors (Lipinski definition) is 5. The largest absolute Gasteiger partial charge is 0.493 e. The summed E-state index contributed by atoms with van der Waals surface area (Å²) in [5.74, 6) is -0.665. The predicted octanol–water partition coefficient (Wildman–Crippen LogP) is 3.87. The number of ketones is 1. The molecule has 0 saturated heterocycles. The van der Waals surface area contributed by atoms with Gasteiger partial charge in [0.1, 0.15) is 5.56 Å². The van der Waals surface area contributed by atoms with E-state index in [4.69, 9.17) is 11.6 Å². The van der Waals surface area contributed by atoms with Crippen LogP contribution in [0.25, 0.3) is 11.1 Å². The molecule has 0 aliphatic heterocycles. The number of rotatable bonds is 5. The Balaban J connectivity index is 2.28. The summed E-state index contributed by atoms with van der Waals surface area (Å²) in [6.07, 6.45) is 2.42. The minimum Gasteiger partial charge on any atom is -0.493 e. The van der Waals surface area contributed by atoms with Crippen molar-refractivity contribution in [2.45, 2.75) is 25.3 Å². The first-order valence-corrected chi connectivity index (χ1v) is 10.8. The zero-order chi connectivity index (χ0) is 20.6. The number of carbonyl (C=O) groups is 1. The third-order valence-corrected chi connectivity index (χ3v) is 6.04. The van der Waals surface area contributed by atoms with Crippen LogP contribution in [0.4, 0.5) is 0 Å². The SMILES string of the molecule is CCn1ncc(C(=O)c2ccc(S(C)(=O)=O)c(-c3ccccc3Cl)c2C)c1O. The maximum atomic E-state index is 13.1. The molecule has 0 saturated carbocycles. The highest BCUT2D eigenvalue weighted by atomic mass is 35.5. The molecule has 0 bridgehead atoms. The Morgan fingerprint density at radius 2 is 1.86 bits per heavy atom. The van der Waals surface area contributed by atoms with Crippen molar-refractivity contribution >= 4 is 27.2 Å². The maximum absolute atomic E-state index is 13.1. The second kappa shape index (κ2) is 7.41. The summed E-state index contributed by atoms with van der Waals surface area (Å²) in [7, 11) is -3.57. The van der Waals surface area contributed by atoms with Crippen molar-refractivity contribution in [3.8, 4) is 17.0 Å². The Labute approximate surface area is 168 Å². The first-order valence-electron chi connectivity index (χ1n) is 8.54. The van der Waals surface area contributed by atoms with E-state index in [1.54, 1.807) is 38.1 Å². The number of benzene rings is 2. The van der Waals surface area contributed by atoms with E-state index in [-0.39, 0.29) is 21.9 Å². The van der Waals surface area contributed by atoms with Gasteiger partial charge >= 0.3 is 0 Å². The Morgan fingerprint density at radius 3 is 2.43 bits per heavy atom. The summed E-state index contributed by atoms with van der Waals surface area (Å²) in [5.41, 5.74) is 1.69. The van der Waals surface area contributed by atoms with Gasteiger partial charge in [-0.25, -0.2) is 13.1 Å². The molecule has 0 fully saturated rings. The first kappa shape index (κ1) is 20.1. The number of aryl methyl sites for hydroxylation is 1. The molecule has 3 aromatic rings. The van der Waals surface area contributed by atoms with Crippen LogP contribution in [-0.4, -0.2) is 35.3 Å². The van der Waals surface area contributed by atoms with Crippen LogP contribution < -0.4 is 0 Å². The van der Waals surface area contributed by atoms with Crippen molar-refractivity contribution < 1.29 is 18.3 Å². The van der Waals surface area contributed by atoms with Gasteiger partial charge in [0, 0.05) is 34.5 Å². The Morgan fingerprint density at radius 1 is 1.18 bits per heavy atom. The number of sulfone groups is 1. The molecular formula is C20H19ClN2O4S. The van der Waals surface area contributed by atoms with E-state index in [2.05, 4.69) is 5.10 Å². The first-order chi connectivity index (χ1) is 13.2. The molecule has 146 valence electrons. The summed E-state index contributed by atoms with van der Waals surface area (Å²) < 4.78 is 26.0. The highest BCUT2D eigenvalue weighted by molar-refractivity contribution is 7.90. The zero-order valence-corrected chi connectivity index (χ0v) is 17.2. The molecule has 0 radical (unpaired) electrons. The summed E-state index contributed by atoms with van der Waals surface area (Å²) in [6.45, 7) is 3.88. The van der Waals surface area contributed by atoms with Crippen LogP contribution in [0.3, 0.4) is 0 Å². The van der Waals surface area contributed by atoms with Crippen LogP contribution in [0.1, 0.15) is 28.4 Å². The van der Waals surface area contributed by atoms with E-state index < -0.39 is 15.6 Å². The third-order valence-electron chi connectivity index (χ3n) is 4.57. The third kappa shape index (κ3) is 3.43. The van der Waals surface area contributed by atoms with Crippen molar-refractivity contribution in [3.05, 3.63) is 64.3 Å². The quantitative estimate of drug-likeness (QED) is 0.635. The lowest BCUT2D eigenvalue weighted by Gasteiger charge is -2.16. The fourth-order valence-electron chi connectivity index (χ4n) is 3.16. The molecule has 0 atom stereocenters. The molecule has 1 heterocycles. The lowest BCUT2D eigenvalue weighted by atomic mass is 9.93. The predicted molar refractivity (Wildman–Crippen MR) is 108 cm³/mol. The van der Waals surface area contributed by atoms with E-state index >= 15 is 0 Å². The summed E-state index contributed by atoms with van der Waals surface area (Å²) in [6, 6.07) is 9.71. The van der Waals surface area contributed by atoms with Crippen LogP contribution in [0.15, 0.2) is 47.5 Å². The Hall–Kier alpha value is -2.64. The number of halogens is 1. The smallest absolute Gasteiger partial charge is 0.220 e. The van der Waals surface area contributed by atoms with E-state index in [0.29, 0.717) is 28.3 Å². The number of carbonyl (C=O) groups excluding carboxylic acids is 1. The highest BCUT2D eigenvalue weighted by Gasteiger charge is 2.25. The molecule has 0 aliphatic rings. The van der Waals surface area contributed by atoms with Crippen LogP contribution in [0.2, 0.25) is 5.02 Å². The standard InChI is InChI=1S/C20H19ClN2O4S/c1-4-23-20(25)15(11-22-23)19(24)13-9-10-17(28(3,26)27)18(12(13)2)14-7-5-6-8-16(14)21/h5-11,25H,4H2,1-3H3. The van der Waals surface area contributed by atoms with E-state index in [1.807, 2.05) is 0 Å². The van der Waals surface area contributed by atoms with Crippen molar-refractivity contribution in [2.24, 2.45) is 0 Å². The number of hydrogen-bond donors (Lipinski definition) is 1. The second-order valence-corrected chi connectivity index (χ2v) is 8.78. The molecule has 8 heteroatoms. The molecule has 28 heavy (non-hydrogen) atoms. The molecular weight excluding hydrogens is 400 g/mol. The minimum atomic E-state index is -3.57. The summed E-state index contributed by atoms with van der Waals surface area (Å²) in [4.78, 5) is 13.1. The van der Waals surface area contributed by atoms with Gasteiger partial charge in [0.2, 0.25) is 5.88 Å². The fraction of sp³-hybridized carbons (Fsp3) is 0.200. The topological polar surface area (TPSA) is 89.3 Å². The minimum absolute atomic E-state index is 0.0576. The van der Waals surface area contributed by atoms with Gasteiger partial charge in [-0.1, -0.05) is 29.8 Å². The van der Waals surface area contributed by atoms with Gasteiger partial charge in [-0.05, 0) is 37.6 Å². The monoisotopic (exact) mass is 418 g/mol. The molecule has 0 amide bonds. The molecule has 1 aromatic heterocycles. The number of aromatic nitrogens is 2. The molecule has 0 aliphatic carbocycles. The second-order valence-electron chi connectivity index (χ2n) is 6.39. The van der Waals surface area contributed by atoms with Gasteiger partial charge < -0.3 is 5.11 Å². The van der Waals surface area contributed by atoms with E-state index in [1.165, 1.54) is 23.0 Å². The highest BCUT2D eigenvalue weighted by Crippen LogP contribution is 2.37. The van der Waals surface area contributed by atoms with Crippen LogP contribution in [0.5, 0.6) is 5.88 Å². The number of nitrogens with zero attached hydrogens (tertiary/aromatic N) is 2. The summed E-state index contributed by atoms with van der Waals surface area (Å²) in [5, 5.41) is 14.6. The average molecular weight is 419 g/mol. The zero-order valence-electron chi connectivity index (χ0n) is 15.6. The van der Waals surface area contributed by atoms with Crippen molar-refractivity contribution in [2.75, 3.05) is 6.26 Å². The summed E-state index contributed by atoms with van der Waals surface area (Å²) >= 11 is 6.32. The molecule has 3 rings (SSSR count). The average Bonchev–Trinajstić information content (AvgIpc) is 3.01. The van der Waals surface area contributed by atoms with Crippen molar-refractivity contribution in [1.82, 2.24) is 9.78 Å². The Kier molecular flexibility index (Phi) is 5.32. The van der Waals surface area contributed by atoms with Gasteiger partial charge in [0.25, 0.3) is 0 Å². The molecule has 6 nitrogen and oxygen atoms in total. The van der Waals surface area contributed by atoms with Gasteiger partial charge in [-0.2, -0.15) is 5.10 Å². The van der Waals surface area contributed by atoms with Crippen LogP contribution in [0, 0.1) is 6.92 Å². The fourth-order valence-corrected chi connectivity index (χ4v) is 4.34. The lowest BCUT2D eigenvalue weighted by molar-refractivity contribution is 0.103. The van der Waals surface area contributed by atoms with Crippen LogP contribution >= 0.6 is 11.6 Å². The van der Waals surface area contributed by atoms with Crippen LogP contribution in [-0.2, 0) is 16.4 Å². The van der Waals surface area contributed by atoms with Gasteiger partial charge in [-0.15, -0.1) is 0 Å². The molecule has 2 aromatic carbocycles. The molecule has 0 spiro atoms. The normalized spacial score (nSPS) is 11.6. The molecule has 0 unspecified atom stereocenters. The van der Waals surface area contributed by atoms with Gasteiger partial charge in [0.15, 0.2) is 15.6 Å². The maximum Gasteiger partial charge on any atom is 0.220 e.